The Morgan fingerprint density at radius 3 is 2.08 bits per heavy atom. The summed E-state index contributed by atoms with van der Waals surface area (Å²) >= 11 is 0. The van der Waals surface area contributed by atoms with Crippen molar-refractivity contribution in [2.24, 2.45) is 5.92 Å². The van der Waals surface area contributed by atoms with Gasteiger partial charge in [0.2, 0.25) is 0 Å². The summed E-state index contributed by atoms with van der Waals surface area (Å²) in [5.74, 6) is -0.108. The second-order valence-corrected chi connectivity index (χ2v) is 6.34. The van der Waals surface area contributed by atoms with Gasteiger partial charge in [-0.3, -0.25) is 0 Å². The van der Waals surface area contributed by atoms with Crippen molar-refractivity contribution in [2.75, 3.05) is 13.2 Å². The minimum Gasteiger partial charge on any atom is -0.392 e. The largest absolute Gasteiger partial charge is 0.392 e. The lowest BCUT2D eigenvalue weighted by Crippen LogP contribution is -2.35. The Morgan fingerprint density at radius 2 is 1.50 bits per heavy atom. The average molecular weight is 356 g/mol. The zero-order chi connectivity index (χ0) is 18.6. The first-order chi connectivity index (χ1) is 12.7. The zero-order valence-corrected chi connectivity index (χ0v) is 15.2. The number of aliphatic hydroxyl groups is 2. The fourth-order valence-electron chi connectivity index (χ4n) is 2.59. The van der Waals surface area contributed by atoms with E-state index in [1.54, 1.807) is 12.2 Å². The molecule has 0 aromatic heterocycles. The molecule has 2 aromatic carbocycles. The molecule has 0 saturated carbocycles. The van der Waals surface area contributed by atoms with Crippen LogP contribution in [0.2, 0.25) is 0 Å². The third-order valence-electron chi connectivity index (χ3n) is 4.13. The Hall–Kier alpha value is -1.98. The number of ether oxygens (including phenoxy) is 2. The maximum atomic E-state index is 10.6. The van der Waals surface area contributed by atoms with Crippen molar-refractivity contribution in [2.45, 2.75) is 32.3 Å². The first-order valence-corrected chi connectivity index (χ1v) is 8.93. The molecule has 26 heavy (non-hydrogen) atoms. The van der Waals surface area contributed by atoms with Crippen molar-refractivity contribution >= 4 is 0 Å². The standard InChI is InChI=1S/C22H28O4/c1-18(15-25-16-19-9-4-2-5-10-19)22(24)21(13-8-14-23)26-17-20-11-6-3-7-12-20/h2-13,18,21-24H,14-17H2,1H3/b13-8+/t18-,21-,22-/m0/s1. The number of rotatable bonds is 11. The van der Waals surface area contributed by atoms with Gasteiger partial charge in [0, 0.05) is 5.92 Å². The quantitative estimate of drug-likeness (QED) is 0.606. The highest BCUT2D eigenvalue weighted by molar-refractivity contribution is 5.14. The first-order valence-electron chi connectivity index (χ1n) is 8.93. The summed E-state index contributed by atoms with van der Waals surface area (Å²) in [7, 11) is 0. The maximum absolute atomic E-state index is 10.6. The fraction of sp³-hybridized carbons (Fsp3) is 0.364. The highest BCUT2D eigenvalue weighted by atomic mass is 16.5. The Labute approximate surface area is 155 Å². The van der Waals surface area contributed by atoms with Gasteiger partial charge in [0.05, 0.1) is 32.5 Å². The fourth-order valence-corrected chi connectivity index (χ4v) is 2.59. The third kappa shape index (κ3) is 7.10. The zero-order valence-electron chi connectivity index (χ0n) is 15.2. The van der Waals surface area contributed by atoms with Crippen LogP contribution in [0.5, 0.6) is 0 Å². The molecule has 0 radical (unpaired) electrons. The number of hydrogen-bond donors (Lipinski definition) is 2. The van der Waals surface area contributed by atoms with Crippen LogP contribution in [0, 0.1) is 5.92 Å². The predicted octanol–water partition coefficient (Wildman–Crippen LogP) is 3.33. The molecular formula is C22H28O4. The van der Waals surface area contributed by atoms with Gasteiger partial charge in [-0.1, -0.05) is 79.7 Å². The molecular weight excluding hydrogens is 328 g/mol. The van der Waals surface area contributed by atoms with Gasteiger partial charge in [-0.25, -0.2) is 0 Å². The normalized spacial score (nSPS) is 15.0. The van der Waals surface area contributed by atoms with E-state index in [-0.39, 0.29) is 12.5 Å². The molecule has 140 valence electrons. The highest BCUT2D eigenvalue weighted by Gasteiger charge is 2.24. The predicted molar refractivity (Wildman–Crippen MR) is 103 cm³/mol. The van der Waals surface area contributed by atoms with Crippen LogP contribution in [0.3, 0.4) is 0 Å². The van der Waals surface area contributed by atoms with Crippen molar-refractivity contribution < 1.29 is 19.7 Å². The number of hydrogen-bond acceptors (Lipinski definition) is 4. The summed E-state index contributed by atoms with van der Waals surface area (Å²) in [6.45, 7) is 3.18. The first kappa shape index (κ1) is 20.3. The molecule has 2 N–H and O–H groups in total. The molecule has 0 aliphatic carbocycles. The summed E-state index contributed by atoms with van der Waals surface area (Å²) in [4.78, 5) is 0. The van der Waals surface area contributed by atoms with Crippen LogP contribution in [-0.2, 0) is 22.7 Å². The van der Waals surface area contributed by atoms with Crippen LogP contribution in [0.25, 0.3) is 0 Å². The van der Waals surface area contributed by atoms with E-state index in [0.29, 0.717) is 19.8 Å². The topological polar surface area (TPSA) is 58.9 Å². The van der Waals surface area contributed by atoms with Gasteiger partial charge in [0.1, 0.15) is 6.10 Å². The summed E-state index contributed by atoms with van der Waals surface area (Å²) in [5.41, 5.74) is 2.14. The lowest BCUT2D eigenvalue weighted by atomic mass is 10.00. The van der Waals surface area contributed by atoms with Gasteiger partial charge in [0.25, 0.3) is 0 Å². The lowest BCUT2D eigenvalue weighted by Gasteiger charge is -2.26. The van der Waals surface area contributed by atoms with Gasteiger partial charge in [-0.05, 0) is 11.1 Å². The molecule has 0 fully saturated rings. The maximum Gasteiger partial charge on any atom is 0.102 e. The van der Waals surface area contributed by atoms with Crippen LogP contribution in [0.1, 0.15) is 18.1 Å². The second-order valence-electron chi connectivity index (χ2n) is 6.34. The molecule has 2 aromatic rings. The molecule has 0 unspecified atom stereocenters. The molecule has 0 heterocycles. The van der Waals surface area contributed by atoms with Crippen molar-refractivity contribution in [3.8, 4) is 0 Å². The van der Waals surface area contributed by atoms with Gasteiger partial charge in [-0.2, -0.15) is 0 Å². The summed E-state index contributed by atoms with van der Waals surface area (Å²) in [6, 6.07) is 19.8. The molecule has 4 heteroatoms. The van der Waals surface area contributed by atoms with Crippen LogP contribution < -0.4 is 0 Å². The second kappa shape index (κ2) is 11.6. The van der Waals surface area contributed by atoms with E-state index in [9.17, 15) is 5.11 Å². The molecule has 2 rings (SSSR count). The number of benzene rings is 2. The van der Waals surface area contributed by atoms with Crippen molar-refractivity contribution in [1.29, 1.82) is 0 Å². The van der Waals surface area contributed by atoms with Gasteiger partial charge in [0.15, 0.2) is 0 Å². The Kier molecular flexibility index (Phi) is 9.07. The Bertz CT molecular complexity index is 627. The van der Waals surface area contributed by atoms with E-state index in [2.05, 4.69) is 0 Å². The number of aliphatic hydroxyl groups excluding tert-OH is 2. The van der Waals surface area contributed by atoms with E-state index in [0.717, 1.165) is 11.1 Å². The lowest BCUT2D eigenvalue weighted by molar-refractivity contribution is -0.0603. The Morgan fingerprint density at radius 1 is 0.923 bits per heavy atom. The van der Waals surface area contributed by atoms with Crippen molar-refractivity contribution in [3.05, 3.63) is 83.9 Å². The van der Waals surface area contributed by atoms with E-state index in [1.807, 2.05) is 67.6 Å². The molecule has 3 atom stereocenters. The molecule has 0 aliphatic rings. The summed E-state index contributed by atoms with van der Waals surface area (Å²) in [5, 5.41) is 19.7. The Balaban J connectivity index is 1.85. The van der Waals surface area contributed by atoms with Crippen LogP contribution >= 0.6 is 0 Å². The molecule has 0 saturated heterocycles. The van der Waals surface area contributed by atoms with Gasteiger partial charge < -0.3 is 19.7 Å². The third-order valence-corrected chi connectivity index (χ3v) is 4.13. The minimum absolute atomic E-state index is 0.0865. The molecule has 0 bridgehead atoms. The molecule has 0 aliphatic heterocycles. The summed E-state index contributed by atoms with van der Waals surface area (Å²) in [6.07, 6.45) is 2.08. The van der Waals surface area contributed by atoms with Crippen molar-refractivity contribution in [3.63, 3.8) is 0 Å². The van der Waals surface area contributed by atoms with E-state index >= 15 is 0 Å². The SMILES string of the molecule is C[C@@H](COCc1ccccc1)[C@H](O)[C@H](/C=C/CO)OCc1ccccc1. The molecule has 4 nitrogen and oxygen atoms in total. The van der Waals surface area contributed by atoms with E-state index < -0.39 is 12.2 Å². The highest BCUT2D eigenvalue weighted by Crippen LogP contribution is 2.15. The van der Waals surface area contributed by atoms with Crippen LogP contribution in [0.15, 0.2) is 72.8 Å². The van der Waals surface area contributed by atoms with Crippen molar-refractivity contribution in [1.82, 2.24) is 0 Å². The van der Waals surface area contributed by atoms with Crippen LogP contribution in [0.4, 0.5) is 0 Å². The van der Waals surface area contributed by atoms with Gasteiger partial charge in [-0.15, -0.1) is 0 Å². The van der Waals surface area contributed by atoms with E-state index in [4.69, 9.17) is 14.6 Å². The smallest absolute Gasteiger partial charge is 0.102 e. The molecule has 0 spiro atoms. The van der Waals surface area contributed by atoms with Gasteiger partial charge >= 0.3 is 0 Å². The monoisotopic (exact) mass is 356 g/mol. The van der Waals surface area contributed by atoms with E-state index in [1.165, 1.54) is 0 Å². The summed E-state index contributed by atoms with van der Waals surface area (Å²) < 4.78 is 11.6. The molecule has 0 amide bonds. The minimum atomic E-state index is -0.725. The van der Waals surface area contributed by atoms with Crippen LogP contribution in [-0.4, -0.2) is 35.6 Å². The average Bonchev–Trinajstić information content (AvgIpc) is 2.69.